The molecule has 1 saturated heterocycles. The van der Waals surface area contributed by atoms with Crippen LogP contribution in [0, 0.1) is 20.8 Å². The molecule has 2 fully saturated rings. The first kappa shape index (κ1) is 26.6. The second-order valence-electron chi connectivity index (χ2n) is 10.2. The number of benzene rings is 1. The summed E-state index contributed by atoms with van der Waals surface area (Å²) in [6.07, 6.45) is 1.95. The zero-order valence-electron chi connectivity index (χ0n) is 22.7. The van der Waals surface area contributed by atoms with Crippen LogP contribution in [0.4, 0.5) is 5.82 Å². The van der Waals surface area contributed by atoms with Crippen LogP contribution in [0.25, 0.3) is 22.6 Å². The molecule has 3 aromatic rings. The van der Waals surface area contributed by atoms with Crippen molar-refractivity contribution in [3.8, 4) is 28.4 Å². The Morgan fingerprint density at radius 2 is 2.05 bits per heavy atom. The Labute approximate surface area is 223 Å². The fraction of sp³-hybridized carbons (Fsp3) is 0.536. The highest BCUT2D eigenvalue weighted by Crippen LogP contribution is 2.34. The van der Waals surface area contributed by atoms with E-state index in [0.29, 0.717) is 30.2 Å². The lowest BCUT2D eigenvalue weighted by Crippen LogP contribution is -2.50. The monoisotopic (exact) mass is 522 g/mol. The number of aliphatic hydroxyl groups is 1. The third-order valence-corrected chi connectivity index (χ3v) is 7.18. The van der Waals surface area contributed by atoms with Gasteiger partial charge >= 0.3 is 0 Å². The van der Waals surface area contributed by atoms with Crippen molar-refractivity contribution in [1.82, 2.24) is 25.3 Å². The zero-order valence-corrected chi connectivity index (χ0v) is 22.7. The molecular weight excluding hydrogens is 484 g/mol. The summed E-state index contributed by atoms with van der Waals surface area (Å²) in [5, 5.41) is 20.8. The molecule has 1 saturated carbocycles. The number of aromatic nitrogens is 3. The first-order valence-electron chi connectivity index (χ1n) is 13.4. The maximum absolute atomic E-state index is 10.0. The summed E-state index contributed by atoms with van der Waals surface area (Å²) in [5.74, 6) is 2.72. The molecule has 0 amide bonds. The van der Waals surface area contributed by atoms with E-state index < -0.39 is 6.10 Å². The zero-order chi connectivity index (χ0) is 26.6. The molecule has 3 heterocycles. The Kier molecular flexibility index (Phi) is 8.23. The van der Waals surface area contributed by atoms with Crippen LogP contribution in [0.1, 0.15) is 29.9 Å². The Morgan fingerprint density at radius 1 is 1.21 bits per heavy atom. The van der Waals surface area contributed by atoms with Gasteiger partial charge in [0.15, 0.2) is 5.82 Å². The van der Waals surface area contributed by atoms with Gasteiger partial charge in [0, 0.05) is 36.8 Å². The van der Waals surface area contributed by atoms with E-state index in [-0.39, 0.29) is 6.61 Å². The average Bonchev–Trinajstić information content (AvgIpc) is 3.72. The van der Waals surface area contributed by atoms with E-state index in [2.05, 4.69) is 20.7 Å². The number of anilines is 1. The highest BCUT2D eigenvalue weighted by molar-refractivity contribution is 5.74. The molecule has 38 heavy (non-hydrogen) atoms. The van der Waals surface area contributed by atoms with Crippen molar-refractivity contribution in [2.24, 2.45) is 0 Å². The van der Waals surface area contributed by atoms with Crippen molar-refractivity contribution in [3.05, 3.63) is 41.3 Å². The van der Waals surface area contributed by atoms with Crippen LogP contribution >= 0.6 is 0 Å². The minimum Gasteiger partial charge on any atom is -0.491 e. The molecule has 2 aliphatic rings. The van der Waals surface area contributed by atoms with Crippen molar-refractivity contribution in [2.75, 3.05) is 51.8 Å². The molecule has 0 spiro atoms. The maximum Gasteiger partial charge on any atom is 0.162 e. The van der Waals surface area contributed by atoms with E-state index in [4.69, 9.17) is 24.0 Å². The number of ether oxygens (including phenoxy) is 2. The molecule has 1 aliphatic carbocycles. The Morgan fingerprint density at radius 3 is 2.79 bits per heavy atom. The number of aryl methyl sites for hydroxylation is 2. The highest BCUT2D eigenvalue weighted by atomic mass is 16.5. The van der Waals surface area contributed by atoms with Crippen LogP contribution in [0.3, 0.4) is 0 Å². The third-order valence-electron chi connectivity index (χ3n) is 7.18. The normalized spacial score (nSPS) is 18.9. The Hall–Kier alpha value is -3.05. The van der Waals surface area contributed by atoms with E-state index in [1.54, 1.807) is 7.05 Å². The van der Waals surface area contributed by atoms with Crippen LogP contribution in [0.5, 0.6) is 5.75 Å². The second kappa shape index (κ2) is 11.8. The van der Waals surface area contributed by atoms with E-state index in [0.717, 1.165) is 66.0 Å². The summed E-state index contributed by atoms with van der Waals surface area (Å²) in [6, 6.07) is 8.63. The topological polar surface area (TPSA) is 118 Å². The number of likely N-dealkylation sites (N-methyl/N-ethyl adjacent to an activating group) is 1. The van der Waals surface area contributed by atoms with Gasteiger partial charge < -0.3 is 29.7 Å². The Bertz CT molecular complexity index is 1220. The number of aliphatic hydroxyl groups excluding tert-OH is 1. The quantitative estimate of drug-likeness (QED) is 0.347. The van der Waals surface area contributed by atoms with Crippen molar-refractivity contribution >= 4 is 5.82 Å². The molecule has 2 aromatic heterocycles. The molecule has 2 atom stereocenters. The second-order valence-corrected chi connectivity index (χ2v) is 10.2. The van der Waals surface area contributed by atoms with Gasteiger partial charge in [0.05, 0.1) is 36.2 Å². The molecule has 5 rings (SSSR count). The predicted octanol–water partition coefficient (Wildman–Crippen LogP) is 2.96. The SMILES string of the molecule is CNCC(O)COc1cccc(-c2nc(NCC3COCCN3C3CC3)c(C)c(-c3c(C)noc3C)n2)c1. The summed E-state index contributed by atoms with van der Waals surface area (Å²) >= 11 is 0. The fourth-order valence-electron chi connectivity index (χ4n) is 5.04. The highest BCUT2D eigenvalue weighted by Gasteiger charge is 2.35. The van der Waals surface area contributed by atoms with Crippen LogP contribution in [-0.4, -0.2) is 89.8 Å². The van der Waals surface area contributed by atoms with Crippen molar-refractivity contribution in [1.29, 1.82) is 0 Å². The fourth-order valence-corrected chi connectivity index (χ4v) is 5.04. The van der Waals surface area contributed by atoms with Crippen LogP contribution < -0.4 is 15.4 Å². The molecule has 0 radical (unpaired) electrons. The van der Waals surface area contributed by atoms with Crippen molar-refractivity contribution in [2.45, 2.75) is 51.8 Å². The van der Waals surface area contributed by atoms with Gasteiger partial charge in [0.1, 0.15) is 30.0 Å². The molecule has 1 aromatic carbocycles. The minimum atomic E-state index is -0.597. The van der Waals surface area contributed by atoms with E-state index >= 15 is 0 Å². The number of rotatable bonds is 11. The summed E-state index contributed by atoms with van der Waals surface area (Å²) in [4.78, 5) is 12.5. The lowest BCUT2D eigenvalue weighted by atomic mass is 10.0. The van der Waals surface area contributed by atoms with Crippen LogP contribution in [-0.2, 0) is 4.74 Å². The number of morpholine rings is 1. The molecule has 204 valence electrons. The molecule has 2 unspecified atom stereocenters. The minimum absolute atomic E-state index is 0.192. The lowest BCUT2D eigenvalue weighted by molar-refractivity contribution is -0.00662. The number of hydrogen-bond donors (Lipinski definition) is 3. The molecule has 0 bridgehead atoms. The van der Waals surface area contributed by atoms with Gasteiger partial charge in [-0.1, -0.05) is 17.3 Å². The summed E-state index contributed by atoms with van der Waals surface area (Å²) in [7, 11) is 1.80. The molecule has 10 heteroatoms. The Balaban J connectivity index is 1.45. The van der Waals surface area contributed by atoms with Gasteiger partial charge in [-0.3, -0.25) is 4.90 Å². The maximum atomic E-state index is 10.0. The van der Waals surface area contributed by atoms with Crippen LogP contribution in [0.15, 0.2) is 28.8 Å². The van der Waals surface area contributed by atoms with Gasteiger partial charge in [-0.05, 0) is 52.8 Å². The molecular formula is C28H38N6O4. The number of hydrogen-bond acceptors (Lipinski definition) is 10. The number of nitrogens with one attached hydrogen (secondary N) is 2. The first-order chi connectivity index (χ1) is 18.4. The standard InChI is InChI=1S/C28H38N6O4/c1-17-26(25-18(2)33-38-19(25)3)31-28(20-6-5-7-24(12-20)37-16-23(35)14-29-4)32-27(17)30-13-22-15-36-11-10-34(22)21-8-9-21/h5-7,12,21-23,29,35H,8-11,13-16H2,1-4H3,(H,30,31,32). The molecule has 10 nitrogen and oxygen atoms in total. The van der Waals surface area contributed by atoms with Gasteiger partial charge in [-0.2, -0.15) is 0 Å². The van der Waals surface area contributed by atoms with Gasteiger partial charge in [-0.25, -0.2) is 9.97 Å². The van der Waals surface area contributed by atoms with E-state index in [1.807, 2.05) is 45.0 Å². The van der Waals surface area contributed by atoms with E-state index in [1.165, 1.54) is 12.8 Å². The summed E-state index contributed by atoms with van der Waals surface area (Å²) in [6.45, 7) is 9.75. The van der Waals surface area contributed by atoms with Crippen molar-refractivity contribution < 1.29 is 19.1 Å². The van der Waals surface area contributed by atoms with Crippen LogP contribution in [0.2, 0.25) is 0 Å². The smallest absolute Gasteiger partial charge is 0.162 e. The number of nitrogens with zero attached hydrogens (tertiary/aromatic N) is 4. The summed E-state index contributed by atoms with van der Waals surface area (Å²) in [5.41, 5.74) is 4.24. The van der Waals surface area contributed by atoms with Gasteiger partial charge in [0.25, 0.3) is 0 Å². The van der Waals surface area contributed by atoms with E-state index in [9.17, 15) is 5.11 Å². The lowest BCUT2D eigenvalue weighted by Gasteiger charge is -2.36. The third kappa shape index (κ3) is 5.99. The predicted molar refractivity (Wildman–Crippen MR) is 145 cm³/mol. The van der Waals surface area contributed by atoms with Gasteiger partial charge in [-0.15, -0.1) is 0 Å². The first-order valence-corrected chi connectivity index (χ1v) is 13.4. The van der Waals surface area contributed by atoms with Gasteiger partial charge in [0.2, 0.25) is 0 Å². The molecule has 1 aliphatic heterocycles. The van der Waals surface area contributed by atoms with Crippen molar-refractivity contribution in [3.63, 3.8) is 0 Å². The molecule has 3 N–H and O–H groups in total. The summed E-state index contributed by atoms with van der Waals surface area (Å²) < 4.78 is 17.1. The average molecular weight is 523 g/mol. The largest absolute Gasteiger partial charge is 0.491 e.